The number of rotatable bonds is 41. The first-order chi connectivity index (χ1) is 28.3. The first kappa shape index (κ1) is 55.1. The fraction of sp³-hybridized carbons (Fsp3) is 0.814. The van der Waals surface area contributed by atoms with Crippen LogP contribution in [-0.4, -0.2) is 161 Å². The van der Waals surface area contributed by atoms with Gasteiger partial charge in [-0.05, 0) is 149 Å². The van der Waals surface area contributed by atoms with Gasteiger partial charge in [0.25, 0.3) is 0 Å². The van der Waals surface area contributed by atoms with Crippen LogP contribution in [0.5, 0.6) is 0 Å². The fourth-order valence-electron chi connectivity index (χ4n) is 6.41. The van der Waals surface area contributed by atoms with Gasteiger partial charge in [-0.2, -0.15) is 0 Å². The van der Waals surface area contributed by atoms with Crippen molar-refractivity contribution < 1.29 is 19.2 Å². The topological polar surface area (TPSA) is 221 Å². The van der Waals surface area contributed by atoms with Crippen molar-refractivity contribution in [3.05, 3.63) is 24.3 Å². The summed E-state index contributed by atoms with van der Waals surface area (Å²) >= 11 is 0. The summed E-state index contributed by atoms with van der Waals surface area (Å²) in [4.78, 5) is 59.6. The average molecular weight is 822 g/mol. The highest BCUT2D eigenvalue weighted by Crippen LogP contribution is 2.06. The van der Waals surface area contributed by atoms with Gasteiger partial charge in [0.1, 0.15) is 0 Å². The van der Waals surface area contributed by atoms with Crippen LogP contribution in [-0.2, 0) is 19.2 Å². The van der Waals surface area contributed by atoms with E-state index in [9.17, 15) is 19.2 Å². The molecule has 338 valence electrons. The smallest absolute Gasteiger partial charge is 0.234 e. The Labute approximate surface area is 352 Å². The highest BCUT2D eigenvalue weighted by Gasteiger charge is 2.16. The lowest BCUT2D eigenvalue weighted by atomic mass is 10.2. The van der Waals surface area contributed by atoms with Crippen LogP contribution in [0.25, 0.3) is 0 Å². The quantitative estimate of drug-likeness (QED) is 0.0349. The van der Waals surface area contributed by atoms with Crippen LogP contribution >= 0.6 is 0 Å². The number of nitrogens with zero attached hydrogens (tertiary/aromatic N) is 4. The predicted octanol–water partition coefficient (Wildman–Crippen LogP) is 1.91. The van der Waals surface area contributed by atoms with Crippen molar-refractivity contribution in [1.29, 1.82) is 0 Å². The van der Waals surface area contributed by atoms with E-state index in [-0.39, 0.29) is 23.6 Å². The van der Waals surface area contributed by atoms with Crippen molar-refractivity contribution >= 4 is 23.6 Å². The summed E-state index contributed by atoms with van der Waals surface area (Å²) in [5.41, 5.74) is 22.7. The molecular formula is C43H87N11O4. The van der Waals surface area contributed by atoms with Crippen LogP contribution in [0, 0.1) is 0 Å². The Hall–Kier alpha value is -2.92. The number of unbranched alkanes of at least 4 members (excludes halogenated alkanes) is 1. The molecule has 0 aromatic heterocycles. The van der Waals surface area contributed by atoms with Crippen LogP contribution < -0.4 is 38.9 Å². The SMILES string of the molecule is CCC=CCCC(=O)N(CCCCNCCCN(CCCNC(=O)CN(CCCN)CCCN)C(=O)CCC=CCC)CCCNC(=O)CN(CCCN)CCCN. The summed E-state index contributed by atoms with van der Waals surface area (Å²) in [5, 5.41) is 9.57. The molecule has 0 saturated heterocycles. The second-order valence-corrected chi connectivity index (χ2v) is 14.9. The zero-order valence-corrected chi connectivity index (χ0v) is 36.9. The lowest BCUT2D eigenvalue weighted by molar-refractivity contribution is -0.132. The number of hydrogen-bond acceptors (Lipinski definition) is 11. The van der Waals surface area contributed by atoms with Crippen LogP contribution in [0.3, 0.4) is 0 Å². The first-order valence-electron chi connectivity index (χ1n) is 22.6. The maximum Gasteiger partial charge on any atom is 0.234 e. The molecule has 0 aliphatic rings. The Morgan fingerprint density at radius 1 is 0.448 bits per heavy atom. The van der Waals surface area contributed by atoms with Gasteiger partial charge in [0, 0.05) is 52.1 Å². The molecule has 0 aliphatic carbocycles. The third-order valence-electron chi connectivity index (χ3n) is 9.68. The van der Waals surface area contributed by atoms with Crippen LogP contribution in [0.2, 0.25) is 0 Å². The van der Waals surface area contributed by atoms with E-state index in [0.717, 1.165) is 110 Å². The number of carbonyl (C=O) groups excluding carboxylic acids is 4. The highest BCUT2D eigenvalue weighted by atomic mass is 16.2. The van der Waals surface area contributed by atoms with Gasteiger partial charge in [0.05, 0.1) is 13.1 Å². The van der Waals surface area contributed by atoms with Crippen LogP contribution in [0.15, 0.2) is 24.3 Å². The molecular weight excluding hydrogens is 735 g/mol. The Balaban J connectivity index is 4.83. The normalized spacial score (nSPS) is 11.7. The largest absolute Gasteiger partial charge is 0.355 e. The minimum Gasteiger partial charge on any atom is -0.355 e. The maximum atomic E-state index is 13.1. The maximum absolute atomic E-state index is 13.1. The Morgan fingerprint density at radius 3 is 1.19 bits per heavy atom. The highest BCUT2D eigenvalue weighted by molar-refractivity contribution is 5.78. The molecule has 0 atom stereocenters. The molecule has 0 spiro atoms. The number of nitrogens with two attached hydrogens (primary N) is 4. The van der Waals surface area contributed by atoms with Gasteiger partial charge in [0.15, 0.2) is 0 Å². The summed E-state index contributed by atoms with van der Waals surface area (Å²) in [6, 6.07) is 0. The molecule has 11 N–H and O–H groups in total. The molecule has 58 heavy (non-hydrogen) atoms. The molecule has 15 nitrogen and oxygen atoms in total. The van der Waals surface area contributed by atoms with Gasteiger partial charge in [-0.3, -0.25) is 29.0 Å². The number of allylic oxidation sites excluding steroid dienone is 4. The Bertz CT molecular complexity index is 981. The molecule has 0 saturated carbocycles. The number of nitrogens with one attached hydrogen (secondary N) is 3. The fourth-order valence-corrected chi connectivity index (χ4v) is 6.41. The van der Waals surface area contributed by atoms with Gasteiger partial charge in [-0.25, -0.2) is 0 Å². The second kappa shape index (κ2) is 40.8. The predicted molar refractivity (Wildman–Crippen MR) is 240 cm³/mol. The first-order valence-corrected chi connectivity index (χ1v) is 22.6. The van der Waals surface area contributed by atoms with Crippen molar-refractivity contribution in [1.82, 2.24) is 35.6 Å². The third kappa shape index (κ3) is 33.0. The second-order valence-electron chi connectivity index (χ2n) is 14.9. The zero-order chi connectivity index (χ0) is 42.9. The molecule has 0 unspecified atom stereocenters. The van der Waals surface area contributed by atoms with E-state index in [0.29, 0.717) is 104 Å². The van der Waals surface area contributed by atoms with E-state index in [1.165, 1.54) is 0 Å². The minimum absolute atomic E-state index is 0.0146. The van der Waals surface area contributed by atoms with E-state index in [1.54, 1.807) is 0 Å². The summed E-state index contributed by atoms with van der Waals surface area (Å²) in [7, 11) is 0. The van der Waals surface area contributed by atoms with Crippen molar-refractivity contribution in [2.45, 2.75) is 110 Å². The van der Waals surface area contributed by atoms with E-state index >= 15 is 0 Å². The molecule has 0 bridgehead atoms. The molecule has 0 aliphatic heterocycles. The van der Waals surface area contributed by atoms with Gasteiger partial charge >= 0.3 is 0 Å². The van der Waals surface area contributed by atoms with E-state index in [2.05, 4.69) is 63.9 Å². The van der Waals surface area contributed by atoms with E-state index in [1.807, 2.05) is 9.80 Å². The molecule has 0 aromatic rings. The van der Waals surface area contributed by atoms with Gasteiger partial charge < -0.3 is 48.7 Å². The van der Waals surface area contributed by atoms with Gasteiger partial charge in [0.2, 0.25) is 23.6 Å². The Kier molecular flexibility index (Phi) is 38.8. The van der Waals surface area contributed by atoms with Crippen molar-refractivity contribution in [2.75, 3.05) is 118 Å². The minimum atomic E-state index is -0.0164. The summed E-state index contributed by atoms with van der Waals surface area (Å²) in [6.45, 7) is 15.5. The van der Waals surface area contributed by atoms with Crippen LogP contribution in [0.1, 0.15) is 110 Å². The number of hydrogen-bond donors (Lipinski definition) is 7. The average Bonchev–Trinajstić information content (AvgIpc) is 3.22. The van der Waals surface area contributed by atoms with E-state index < -0.39 is 0 Å². The van der Waals surface area contributed by atoms with Crippen molar-refractivity contribution in [3.63, 3.8) is 0 Å². The van der Waals surface area contributed by atoms with Crippen molar-refractivity contribution in [3.8, 4) is 0 Å². The van der Waals surface area contributed by atoms with Crippen LogP contribution in [0.4, 0.5) is 0 Å². The molecule has 0 radical (unpaired) electrons. The summed E-state index contributed by atoms with van der Waals surface area (Å²) < 4.78 is 0. The summed E-state index contributed by atoms with van der Waals surface area (Å²) in [5.74, 6) is 0.260. The van der Waals surface area contributed by atoms with Crippen molar-refractivity contribution in [2.24, 2.45) is 22.9 Å². The third-order valence-corrected chi connectivity index (χ3v) is 9.68. The molecule has 0 aromatic carbocycles. The molecule has 0 heterocycles. The van der Waals surface area contributed by atoms with Gasteiger partial charge in [-0.1, -0.05) is 38.2 Å². The lowest BCUT2D eigenvalue weighted by Gasteiger charge is -2.24. The standard InChI is InChI=1S/C43H87N11O4/c1-3-5-7-9-20-42(57)53(36-18-28-49-40(55)38-51(30-13-22-44)31-14-23-45)34-12-11-26-48-27-17-35-54(43(58)21-10-8-6-4-2)37-19-29-50-41(56)39-52(32-15-24-46)33-16-25-47/h5-8,48H,3-4,9-39,44-47H2,1-2H3,(H,49,55)(H,50,56). The lowest BCUT2D eigenvalue weighted by Crippen LogP contribution is -2.40. The summed E-state index contributed by atoms with van der Waals surface area (Å²) in [6.07, 6.45) is 20.1. The Morgan fingerprint density at radius 2 is 0.810 bits per heavy atom. The number of carbonyl (C=O) groups is 4. The monoisotopic (exact) mass is 822 g/mol. The molecule has 0 rings (SSSR count). The zero-order valence-electron chi connectivity index (χ0n) is 36.9. The molecule has 4 amide bonds. The molecule has 15 heteroatoms. The molecule has 0 fully saturated rings. The van der Waals surface area contributed by atoms with Gasteiger partial charge in [-0.15, -0.1) is 0 Å². The van der Waals surface area contributed by atoms with E-state index in [4.69, 9.17) is 22.9 Å². The number of amides is 4.